The molecule has 0 fully saturated rings. The summed E-state index contributed by atoms with van der Waals surface area (Å²) in [6.45, 7) is 0.386. The Hall–Kier alpha value is -1.09. The largest absolute Gasteiger partial charge is 0.411 e. The Morgan fingerprint density at radius 2 is 2.10 bits per heavy atom. The van der Waals surface area contributed by atoms with Crippen molar-refractivity contribution in [1.29, 1.82) is 0 Å². The Balaban J connectivity index is 1.85. The van der Waals surface area contributed by atoms with Crippen LogP contribution in [0.3, 0.4) is 0 Å². The second-order valence-corrected chi connectivity index (χ2v) is 7.51. The maximum Gasteiger partial charge on any atom is 0.276 e. The number of halogens is 1. The van der Waals surface area contributed by atoms with Crippen LogP contribution in [0.5, 0.6) is 0 Å². The average molecular weight is 348 g/mol. The second-order valence-electron chi connectivity index (χ2n) is 4.22. The lowest BCUT2D eigenvalue weighted by Gasteiger charge is -2.00. The van der Waals surface area contributed by atoms with E-state index in [-0.39, 0.29) is 0 Å². The van der Waals surface area contributed by atoms with Crippen molar-refractivity contribution in [3.05, 3.63) is 29.3 Å². The van der Waals surface area contributed by atoms with Gasteiger partial charge in [-0.1, -0.05) is 35.5 Å². The van der Waals surface area contributed by atoms with Gasteiger partial charge < -0.3 is 4.42 Å². The lowest BCUT2D eigenvalue weighted by atomic mass is 10.2. The maximum atomic E-state index is 10.9. The molecule has 2 aromatic rings. The molecule has 21 heavy (non-hydrogen) atoms. The minimum Gasteiger partial charge on any atom is -0.411 e. The molecule has 0 aliphatic carbocycles. The molecule has 0 saturated heterocycles. The van der Waals surface area contributed by atoms with Gasteiger partial charge in [0.15, 0.2) is 0 Å². The monoisotopic (exact) mass is 347 g/mol. The Labute approximate surface area is 132 Å². The van der Waals surface area contributed by atoms with Crippen molar-refractivity contribution in [2.45, 2.75) is 11.6 Å². The van der Waals surface area contributed by atoms with E-state index in [2.05, 4.69) is 14.9 Å². The fourth-order valence-electron chi connectivity index (χ4n) is 1.50. The van der Waals surface area contributed by atoms with E-state index in [1.54, 1.807) is 12.1 Å². The molecule has 0 aliphatic heterocycles. The fourth-order valence-corrected chi connectivity index (χ4v) is 2.93. The number of hydrogen-bond donors (Lipinski definition) is 1. The molecule has 1 aromatic carbocycles. The maximum absolute atomic E-state index is 10.9. The van der Waals surface area contributed by atoms with Gasteiger partial charge in [0.2, 0.25) is 15.9 Å². The van der Waals surface area contributed by atoms with E-state index in [0.29, 0.717) is 40.4 Å². The summed E-state index contributed by atoms with van der Waals surface area (Å²) in [5.74, 6) is 1.05. The zero-order valence-electron chi connectivity index (χ0n) is 11.2. The van der Waals surface area contributed by atoms with Crippen LogP contribution in [0.2, 0.25) is 5.02 Å². The van der Waals surface area contributed by atoms with Gasteiger partial charge in [0, 0.05) is 12.3 Å². The van der Waals surface area contributed by atoms with Gasteiger partial charge >= 0.3 is 0 Å². The summed E-state index contributed by atoms with van der Waals surface area (Å²) in [5, 5.41) is 8.87. The first kappa shape index (κ1) is 16.3. The van der Waals surface area contributed by atoms with Crippen LogP contribution in [0.15, 0.2) is 33.9 Å². The highest BCUT2D eigenvalue weighted by molar-refractivity contribution is 7.99. The predicted octanol–water partition coefficient (Wildman–Crippen LogP) is 2.42. The fraction of sp³-hybridized carbons (Fsp3) is 0.333. The van der Waals surface area contributed by atoms with Crippen molar-refractivity contribution < 1.29 is 12.8 Å². The van der Waals surface area contributed by atoms with E-state index in [1.165, 1.54) is 11.8 Å². The summed E-state index contributed by atoms with van der Waals surface area (Å²) in [7, 11) is -3.13. The quantitative estimate of drug-likeness (QED) is 0.611. The molecular weight excluding hydrogens is 334 g/mol. The zero-order chi connectivity index (χ0) is 15.3. The van der Waals surface area contributed by atoms with Gasteiger partial charge in [-0.2, -0.15) is 0 Å². The lowest BCUT2D eigenvalue weighted by molar-refractivity contribution is 0.466. The summed E-state index contributed by atoms with van der Waals surface area (Å²) in [4.78, 5) is 0. The first-order valence-corrected chi connectivity index (χ1v) is 9.37. The zero-order valence-corrected chi connectivity index (χ0v) is 13.6. The van der Waals surface area contributed by atoms with Gasteiger partial charge in [-0.3, -0.25) is 0 Å². The number of benzene rings is 1. The molecule has 0 aliphatic rings. The number of nitrogens with one attached hydrogen (secondary N) is 1. The predicted molar refractivity (Wildman–Crippen MR) is 82.9 cm³/mol. The molecule has 0 radical (unpaired) electrons. The molecule has 1 aromatic heterocycles. The average Bonchev–Trinajstić information content (AvgIpc) is 2.86. The Morgan fingerprint density at radius 1 is 1.33 bits per heavy atom. The molecule has 2 rings (SSSR count). The SMILES string of the molecule is CS(=O)(=O)NCCCSc1nnc(-c2ccccc2Cl)o1. The van der Waals surface area contributed by atoms with Gasteiger partial charge in [0.05, 0.1) is 16.8 Å². The van der Waals surface area contributed by atoms with Crippen LogP contribution in [0.1, 0.15) is 6.42 Å². The number of nitrogens with zero attached hydrogens (tertiary/aromatic N) is 2. The molecular formula is C12H14ClN3O3S2. The Morgan fingerprint density at radius 3 is 2.81 bits per heavy atom. The van der Waals surface area contributed by atoms with Crippen LogP contribution < -0.4 is 4.72 Å². The van der Waals surface area contributed by atoms with E-state index < -0.39 is 10.0 Å². The number of aromatic nitrogens is 2. The highest BCUT2D eigenvalue weighted by Gasteiger charge is 2.11. The third-order valence-electron chi connectivity index (χ3n) is 2.42. The molecule has 9 heteroatoms. The Kier molecular flexibility index (Phi) is 5.63. The third-order valence-corrected chi connectivity index (χ3v) is 4.38. The summed E-state index contributed by atoms with van der Waals surface area (Å²) in [5.41, 5.74) is 0.692. The molecule has 0 bridgehead atoms. The van der Waals surface area contributed by atoms with Crippen LogP contribution in [0, 0.1) is 0 Å². The molecule has 1 heterocycles. The van der Waals surface area contributed by atoms with Crippen LogP contribution >= 0.6 is 23.4 Å². The molecule has 0 spiro atoms. The first-order chi connectivity index (χ1) is 9.96. The molecule has 6 nitrogen and oxygen atoms in total. The number of thioether (sulfide) groups is 1. The second kappa shape index (κ2) is 7.26. The molecule has 0 amide bonds. The molecule has 1 N–H and O–H groups in total. The van der Waals surface area contributed by atoms with E-state index >= 15 is 0 Å². The molecule has 114 valence electrons. The highest BCUT2D eigenvalue weighted by Crippen LogP contribution is 2.28. The van der Waals surface area contributed by atoms with Crippen LogP contribution in [0.25, 0.3) is 11.5 Å². The van der Waals surface area contributed by atoms with E-state index in [4.69, 9.17) is 16.0 Å². The van der Waals surface area contributed by atoms with Gasteiger partial charge in [0.25, 0.3) is 5.22 Å². The molecule has 0 saturated carbocycles. The normalized spacial score (nSPS) is 11.7. The van der Waals surface area contributed by atoms with Gasteiger partial charge in [-0.25, -0.2) is 13.1 Å². The van der Waals surface area contributed by atoms with E-state index in [1.807, 2.05) is 12.1 Å². The molecule has 0 unspecified atom stereocenters. The van der Waals surface area contributed by atoms with Crippen LogP contribution in [0.4, 0.5) is 0 Å². The van der Waals surface area contributed by atoms with Gasteiger partial charge in [-0.05, 0) is 18.6 Å². The van der Waals surface area contributed by atoms with Crippen LogP contribution in [-0.2, 0) is 10.0 Å². The summed E-state index contributed by atoms with van der Waals surface area (Å²) < 4.78 is 29.7. The number of rotatable bonds is 7. The van der Waals surface area contributed by atoms with Crippen molar-refractivity contribution in [1.82, 2.24) is 14.9 Å². The number of sulfonamides is 1. The standard InChI is InChI=1S/C12H14ClN3O3S2/c1-21(17,18)14-7-4-8-20-12-16-15-11(19-12)9-5-2-3-6-10(9)13/h2-3,5-6,14H,4,7-8H2,1H3. The van der Waals surface area contributed by atoms with Crippen LogP contribution in [-0.4, -0.2) is 37.2 Å². The number of hydrogen-bond acceptors (Lipinski definition) is 6. The Bertz CT molecular complexity index is 703. The van der Waals surface area contributed by atoms with Crippen molar-refractivity contribution in [3.8, 4) is 11.5 Å². The summed E-state index contributed by atoms with van der Waals surface area (Å²) in [6, 6.07) is 7.23. The van der Waals surface area contributed by atoms with Crippen molar-refractivity contribution in [3.63, 3.8) is 0 Å². The topological polar surface area (TPSA) is 85.1 Å². The highest BCUT2D eigenvalue weighted by atomic mass is 35.5. The third kappa shape index (κ3) is 5.31. The van der Waals surface area contributed by atoms with E-state index in [0.717, 1.165) is 6.26 Å². The lowest BCUT2D eigenvalue weighted by Crippen LogP contribution is -2.23. The minimum atomic E-state index is -3.13. The summed E-state index contributed by atoms with van der Waals surface area (Å²) >= 11 is 7.43. The van der Waals surface area contributed by atoms with Crippen molar-refractivity contribution in [2.24, 2.45) is 0 Å². The first-order valence-electron chi connectivity index (χ1n) is 6.11. The van der Waals surface area contributed by atoms with Crippen molar-refractivity contribution >= 4 is 33.4 Å². The van der Waals surface area contributed by atoms with E-state index in [9.17, 15) is 8.42 Å². The van der Waals surface area contributed by atoms with Crippen molar-refractivity contribution in [2.75, 3.05) is 18.6 Å². The van der Waals surface area contributed by atoms with Gasteiger partial charge in [-0.15, -0.1) is 10.2 Å². The minimum absolute atomic E-state index is 0.373. The van der Waals surface area contributed by atoms with Gasteiger partial charge in [0.1, 0.15) is 0 Å². The summed E-state index contributed by atoms with van der Waals surface area (Å²) in [6.07, 6.45) is 1.80. The molecule has 0 atom stereocenters. The smallest absolute Gasteiger partial charge is 0.276 e.